The molecule has 0 unspecified atom stereocenters. The molecule has 0 bridgehead atoms. The predicted molar refractivity (Wildman–Crippen MR) is 146 cm³/mol. The van der Waals surface area contributed by atoms with Crippen molar-refractivity contribution >= 4 is 60.7 Å². The first-order valence-electron chi connectivity index (χ1n) is 11.2. The van der Waals surface area contributed by atoms with Gasteiger partial charge in [0.05, 0.1) is 40.2 Å². The third kappa shape index (κ3) is 5.20. The number of ether oxygens (including phenoxy) is 2. The third-order valence-electron chi connectivity index (χ3n) is 5.75. The van der Waals surface area contributed by atoms with Crippen molar-refractivity contribution < 1.29 is 22.7 Å². The van der Waals surface area contributed by atoms with Gasteiger partial charge in [0.25, 0.3) is 10.0 Å². The Bertz CT molecular complexity index is 1540. The fraction of sp³-hybridized carbons (Fsp3) is 0.240. The van der Waals surface area contributed by atoms with Crippen LogP contribution in [0.2, 0.25) is 5.02 Å². The molecule has 12 heteroatoms. The number of hydrogen-bond donors (Lipinski definition) is 0. The lowest BCUT2D eigenvalue weighted by molar-refractivity contribution is -0.117. The highest BCUT2D eigenvalue weighted by Crippen LogP contribution is 2.38. The quantitative estimate of drug-likeness (QED) is 0.286. The molecule has 2 aromatic carbocycles. The third-order valence-corrected chi connectivity index (χ3v) is 8.71. The number of carbonyl (C=O) groups is 1. The van der Waals surface area contributed by atoms with Gasteiger partial charge in [-0.1, -0.05) is 17.7 Å². The molecule has 0 fully saturated rings. The molecular weight excluding hydrogens is 536 g/mol. The van der Waals surface area contributed by atoms with E-state index < -0.39 is 22.5 Å². The number of aromatic nitrogens is 2. The van der Waals surface area contributed by atoms with E-state index in [1.54, 1.807) is 43.5 Å². The zero-order valence-corrected chi connectivity index (χ0v) is 23.0. The number of methoxy groups -OCH3 is 2. The van der Waals surface area contributed by atoms with E-state index in [9.17, 15) is 13.2 Å². The van der Waals surface area contributed by atoms with Crippen LogP contribution in [0.5, 0.6) is 11.5 Å². The lowest BCUT2D eigenvalue weighted by atomic mass is 10.2. The van der Waals surface area contributed by atoms with E-state index in [2.05, 4.69) is 9.36 Å². The highest BCUT2D eigenvalue weighted by atomic mass is 35.5. The molecule has 1 amide bonds. The van der Waals surface area contributed by atoms with Crippen LogP contribution >= 0.6 is 23.1 Å². The Morgan fingerprint density at radius 3 is 2.49 bits per heavy atom. The minimum absolute atomic E-state index is 0.0878. The predicted octanol–water partition coefficient (Wildman–Crippen LogP) is 4.92. The van der Waals surface area contributed by atoms with Crippen molar-refractivity contribution in [2.75, 3.05) is 36.5 Å². The number of nitrogens with zero attached hydrogens (tertiary/aromatic N) is 4. The van der Waals surface area contributed by atoms with E-state index in [-0.39, 0.29) is 21.4 Å². The van der Waals surface area contributed by atoms with Crippen molar-refractivity contribution in [1.82, 2.24) is 9.36 Å². The number of hydrogen-bond acceptors (Lipinski definition) is 8. The number of anilines is 2. The first kappa shape index (κ1) is 26.6. The molecular formula is C25H25ClN4O5S2. The Kier molecular flexibility index (Phi) is 7.86. The van der Waals surface area contributed by atoms with Crippen molar-refractivity contribution in [2.24, 2.45) is 0 Å². The molecule has 0 spiro atoms. The van der Waals surface area contributed by atoms with Crippen molar-refractivity contribution in [1.29, 1.82) is 0 Å². The SMILES string of the molecule is CCN(C(=O)CN(c1cc2c(C)nsc2cc1Cl)S(=O)(=O)c1ccc(OC)c(OC)c1)c1ccccn1. The molecule has 2 heterocycles. The largest absolute Gasteiger partial charge is 0.493 e. The van der Waals surface area contributed by atoms with E-state index in [4.69, 9.17) is 21.1 Å². The summed E-state index contributed by atoms with van der Waals surface area (Å²) in [7, 11) is -1.42. The standard InChI is InChI=1S/C25H25ClN4O5S2/c1-5-29(24-8-6-7-11-27-24)25(31)15-30(20-13-18-16(2)28-36-23(18)14-19(20)26)37(32,33)17-9-10-21(34-3)22(12-17)35-4/h6-14H,5,15H2,1-4H3. The van der Waals surface area contributed by atoms with Crippen LogP contribution in [0.1, 0.15) is 12.6 Å². The van der Waals surface area contributed by atoms with Gasteiger partial charge in [0.1, 0.15) is 12.4 Å². The van der Waals surface area contributed by atoms with Gasteiger partial charge in [-0.05, 0) is 61.8 Å². The van der Waals surface area contributed by atoms with Crippen molar-refractivity contribution in [3.8, 4) is 11.5 Å². The summed E-state index contributed by atoms with van der Waals surface area (Å²) in [6, 6.07) is 12.7. The Morgan fingerprint density at radius 2 is 1.84 bits per heavy atom. The summed E-state index contributed by atoms with van der Waals surface area (Å²) in [4.78, 5) is 19.1. The normalized spacial score (nSPS) is 11.4. The maximum absolute atomic E-state index is 14.1. The van der Waals surface area contributed by atoms with E-state index in [1.807, 2.05) is 6.92 Å². The molecule has 4 rings (SSSR count). The highest BCUT2D eigenvalue weighted by Gasteiger charge is 2.32. The molecule has 37 heavy (non-hydrogen) atoms. The zero-order chi connectivity index (χ0) is 26.7. The van der Waals surface area contributed by atoms with Crippen LogP contribution in [-0.4, -0.2) is 51.0 Å². The molecule has 2 aromatic heterocycles. The Balaban J connectivity index is 1.86. The molecule has 0 radical (unpaired) electrons. The van der Waals surface area contributed by atoms with Gasteiger partial charge in [-0.25, -0.2) is 13.4 Å². The molecule has 9 nitrogen and oxygen atoms in total. The average molecular weight is 561 g/mol. The monoisotopic (exact) mass is 560 g/mol. The van der Waals surface area contributed by atoms with Gasteiger partial charge in [0.15, 0.2) is 11.5 Å². The maximum atomic E-state index is 14.1. The fourth-order valence-corrected chi connectivity index (χ4v) is 6.48. The number of fused-ring (bicyclic) bond motifs is 1. The summed E-state index contributed by atoms with van der Waals surface area (Å²) in [5.74, 6) is 0.549. The number of halogens is 1. The highest BCUT2D eigenvalue weighted by molar-refractivity contribution is 7.92. The first-order valence-corrected chi connectivity index (χ1v) is 13.8. The van der Waals surface area contributed by atoms with Crippen LogP contribution in [0, 0.1) is 6.92 Å². The molecule has 0 aliphatic heterocycles. The van der Waals surface area contributed by atoms with Crippen molar-refractivity contribution in [3.05, 3.63) is 65.4 Å². The summed E-state index contributed by atoms with van der Waals surface area (Å²) in [6.07, 6.45) is 1.57. The zero-order valence-electron chi connectivity index (χ0n) is 20.6. The Hall–Kier alpha value is -3.41. The number of benzene rings is 2. The molecule has 0 aliphatic rings. The minimum atomic E-state index is -4.29. The second-order valence-corrected chi connectivity index (χ2v) is 11.0. The van der Waals surface area contributed by atoms with Crippen LogP contribution in [0.25, 0.3) is 10.1 Å². The summed E-state index contributed by atoms with van der Waals surface area (Å²) in [6.45, 7) is 3.40. The van der Waals surface area contributed by atoms with Crippen molar-refractivity contribution in [3.63, 3.8) is 0 Å². The molecule has 194 valence electrons. The van der Waals surface area contributed by atoms with Gasteiger partial charge in [-0.15, -0.1) is 0 Å². The fourth-order valence-electron chi connectivity index (χ4n) is 3.85. The topological polar surface area (TPSA) is 102 Å². The van der Waals surface area contributed by atoms with Crippen molar-refractivity contribution in [2.45, 2.75) is 18.7 Å². The number of likely N-dealkylation sites (N-methyl/N-ethyl adjacent to an activating group) is 1. The van der Waals surface area contributed by atoms with Gasteiger partial charge < -0.3 is 9.47 Å². The molecule has 0 aliphatic carbocycles. The molecule has 0 atom stereocenters. The second kappa shape index (κ2) is 10.9. The van der Waals surface area contributed by atoms with Crippen LogP contribution in [0.15, 0.2) is 59.6 Å². The smallest absolute Gasteiger partial charge is 0.264 e. The van der Waals surface area contributed by atoms with Gasteiger partial charge in [-0.2, -0.15) is 4.37 Å². The number of rotatable bonds is 9. The second-order valence-electron chi connectivity index (χ2n) is 7.92. The molecule has 0 saturated carbocycles. The van der Waals surface area contributed by atoms with Crippen LogP contribution in [0.3, 0.4) is 0 Å². The van der Waals surface area contributed by atoms with Crippen LogP contribution < -0.4 is 18.7 Å². The van der Waals surface area contributed by atoms with E-state index in [1.165, 1.54) is 48.9 Å². The van der Waals surface area contributed by atoms with E-state index in [0.29, 0.717) is 18.1 Å². The summed E-state index contributed by atoms with van der Waals surface area (Å²) in [5, 5.41) is 0.926. The number of amides is 1. The molecule has 4 aromatic rings. The van der Waals surface area contributed by atoms with Crippen LogP contribution in [0.4, 0.5) is 11.5 Å². The van der Waals surface area contributed by atoms with Gasteiger partial charge in [-0.3, -0.25) is 14.0 Å². The van der Waals surface area contributed by atoms with Gasteiger partial charge in [0, 0.05) is 24.2 Å². The molecule has 0 N–H and O–H groups in total. The van der Waals surface area contributed by atoms with E-state index in [0.717, 1.165) is 20.1 Å². The maximum Gasteiger partial charge on any atom is 0.264 e. The van der Waals surface area contributed by atoms with Gasteiger partial charge >= 0.3 is 0 Å². The Morgan fingerprint density at radius 1 is 1.08 bits per heavy atom. The summed E-state index contributed by atoms with van der Waals surface area (Å²) in [5.41, 5.74) is 0.897. The average Bonchev–Trinajstić information content (AvgIpc) is 3.26. The minimum Gasteiger partial charge on any atom is -0.493 e. The number of pyridine rings is 1. The number of sulfonamides is 1. The van der Waals surface area contributed by atoms with E-state index >= 15 is 0 Å². The lowest BCUT2D eigenvalue weighted by Gasteiger charge is -2.28. The lowest BCUT2D eigenvalue weighted by Crippen LogP contribution is -2.43. The molecule has 0 saturated heterocycles. The van der Waals surface area contributed by atoms with Crippen LogP contribution in [-0.2, 0) is 14.8 Å². The summed E-state index contributed by atoms with van der Waals surface area (Å²) >= 11 is 7.88. The summed E-state index contributed by atoms with van der Waals surface area (Å²) < 4.78 is 44.9. The first-order chi connectivity index (χ1) is 17.7. The number of aryl methyl sites for hydroxylation is 1. The van der Waals surface area contributed by atoms with Gasteiger partial charge in [0.2, 0.25) is 5.91 Å². The Labute approximate surface area is 224 Å². The number of carbonyl (C=O) groups excluding carboxylic acids is 1.